The number of hydrogen-bond donors (Lipinski definition) is 1. The minimum atomic E-state index is -0.214. The third-order valence-corrected chi connectivity index (χ3v) is 3.79. The maximum atomic E-state index is 13.8. The first-order valence-corrected chi connectivity index (χ1v) is 7.19. The van der Waals surface area contributed by atoms with E-state index in [1.54, 1.807) is 12.3 Å². The van der Waals surface area contributed by atoms with E-state index in [2.05, 4.69) is 17.2 Å². The molecular formula is C15H23FN2O. The van der Waals surface area contributed by atoms with Crippen LogP contribution in [0.1, 0.15) is 44.7 Å². The van der Waals surface area contributed by atoms with Gasteiger partial charge in [0.05, 0.1) is 12.3 Å². The Labute approximate surface area is 114 Å². The molecule has 1 fully saturated rings. The van der Waals surface area contributed by atoms with Crippen LogP contribution in [-0.2, 0) is 4.74 Å². The summed E-state index contributed by atoms with van der Waals surface area (Å²) in [6.45, 7) is 5.71. The zero-order chi connectivity index (χ0) is 13.7. The predicted octanol–water partition coefficient (Wildman–Crippen LogP) is 3.08. The molecule has 1 aliphatic carbocycles. The highest BCUT2D eigenvalue weighted by Crippen LogP contribution is 2.37. The van der Waals surface area contributed by atoms with Crippen molar-refractivity contribution in [2.24, 2.45) is 5.92 Å². The molecular weight excluding hydrogens is 243 g/mol. The van der Waals surface area contributed by atoms with Crippen molar-refractivity contribution in [3.8, 4) is 0 Å². The van der Waals surface area contributed by atoms with E-state index in [1.165, 1.54) is 6.20 Å². The van der Waals surface area contributed by atoms with Crippen LogP contribution in [0.25, 0.3) is 0 Å². The van der Waals surface area contributed by atoms with Crippen molar-refractivity contribution in [1.29, 1.82) is 0 Å². The number of hydrogen-bond acceptors (Lipinski definition) is 3. The van der Waals surface area contributed by atoms with E-state index >= 15 is 0 Å². The minimum absolute atomic E-state index is 0.0839. The maximum Gasteiger partial charge on any atom is 0.146 e. The number of aromatic nitrogens is 1. The molecule has 106 valence electrons. The topological polar surface area (TPSA) is 34.1 Å². The molecule has 1 N–H and O–H groups in total. The second-order valence-corrected chi connectivity index (χ2v) is 5.16. The summed E-state index contributed by atoms with van der Waals surface area (Å²) >= 11 is 0. The number of rotatable bonds is 7. The summed E-state index contributed by atoms with van der Waals surface area (Å²) in [7, 11) is 0. The van der Waals surface area contributed by atoms with Crippen LogP contribution in [0, 0.1) is 11.7 Å². The Balaban J connectivity index is 1.93. The molecule has 1 aromatic heterocycles. The molecule has 0 aromatic carbocycles. The summed E-state index contributed by atoms with van der Waals surface area (Å²) in [5.74, 6) is 0.419. The van der Waals surface area contributed by atoms with E-state index in [1.807, 2.05) is 6.92 Å². The minimum Gasteiger partial charge on any atom is -0.378 e. The molecule has 2 rings (SSSR count). The van der Waals surface area contributed by atoms with E-state index in [0.29, 0.717) is 12.0 Å². The van der Waals surface area contributed by atoms with Gasteiger partial charge >= 0.3 is 0 Å². The molecule has 1 aromatic rings. The average molecular weight is 266 g/mol. The van der Waals surface area contributed by atoms with Crippen LogP contribution in [0.15, 0.2) is 18.5 Å². The SMILES string of the molecule is CCNC(CC1CC(OCC)C1)c1ccncc1F. The third kappa shape index (κ3) is 3.74. The third-order valence-electron chi connectivity index (χ3n) is 3.79. The quantitative estimate of drug-likeness (QED) is 0.823. The van der Waals surface area contributed by atoms with Crippen molar-refractivity contribution >= 4 is 0 Å². The molecule has 1 heterocycles. The molecule has 1 atom stereocenters. The Hall–Kier alpha value is -1.00. The Morgan fingerprint density at radius 2 is 2.26 bits per heavy atom. The Kier molecular flexibility index (Phi) is 5.28. The van der Waals surface area contributed by atoms with Gasteiger partial charge in [-0.2, -0.15) is 0 Å². The van der Waals surface area contributed by atoms with E-state index in [4.69, 9.17) is 4.74 Å². The molecule has 19 heavy (non-hydrogen) atoms. The normalized spacial score (nSPS) is 23.9. The Morgan fingerprint density at radius 1 is 1.47 bits per heavy atom. The van der Waals surface area contributed by atoms with Crippen LogP contribution < -0.4 is 5.32 Å². The second kappa shape index (κ2) is 6.96. The summed E-state index contributed by atoms with van der Waals surface area (Å²) in [5.41, 5.74) is 0.733. The molecule has 0 saturated heterocycles. The number of ether oxygens (including phenoxy) is 1. The van der Waals surface area contributed by atoms with Crippen LogP contribution in [0.5, 0.6) is 0 Å². The van der Waals surface area contributed by atoms with Crippen LogP contribution >= 0.6 is 0 Å². The highest BCUT2D eigenvalue weighted by atomic mass is 19.1. The highest BCUT2D eigenvalue weighted by Gasteiger charge is 2.32. The molecule has 0 spiro atoms. The lowest BCUT2D eigenvalue weighted by atomic mass is 9.77. The fraction of sp³-hybridized carbons (Fsp3) is 0.667. The highest BCUT2D eigenvalue weighted by molar-refractivity contribution is 5.17. The van der Waals surface area contributed by atoms with Crippen molar-refractivity contribution in [1.82, 2.24) is 10.3 Å². The molecule has 0 radical (unpaired) electrons. The predicted molar refractivity (Wildman–Crippen MR) is 73.4 cm³/mol. The zero-order valence-electron chi connectivity index (χ0n) is 11.7. The molecule has 3 nitrogen and oxygen atoms in total. The molecule has 0 amide bonds. The van der Waals surface area contributed by atoms with Crippen molar-refractivity contribution < 1.29 is 9.13 Å². The monoisotopic (exact) mass is 266 g/mol. The van der Waals surface area contributed by atoms with Crippen LogP contribution in [0.4, 0.5) is 4.39 Å². The van der Waals surface area contributed by atoms with Crippen molar-refractivity contribution in [3.05, 3.63) is 29.8 Å². The Bertz CT molecular complexity index is 393. The van der Waals surface area contributed by atoms with Crippen molar-refractivity contribution in [3.63, 3.8) is 0 Å². The van der Waals surface area contributed by atoms with Crippen LogP contribution in [0.2, 0.25) is 0 Å². The fourth-order valence-corrected chi connectivity index (χ4v) is 2.81. The van der Waals surface area contributed by atoms with Gasteiger partial charge < -0.3 is 10.1 Å². The molecule has 1 unspecified atom stereocenters. The summed E-state index contributed by atoms with van der Waals surface area (Å²) in [4.78, 5) is 3.81. The van der Waals surface area contributed by atoms with Crippen LogP contribution in [0.3, 0.4) is 0 Å². The van der Waals surface area contributed by atoms with Gasteiger partial charge in [-0.1, -0.05) is 6.92 Å². The van der Waals surface area contributed by atoms with Gasteiger partial charge in [0.15, 0.2) is 0 Å². The van der Waals surface area contributed by atoms with Gasteiger partial charge in [-0.05, 0) is 44.7 Å². The van der Waals surface area contributed by atoms with Crippen molar-refractivity contribution in [2.75, 3.05) is 13.2 Å². The number of halogens is 1. The summed E-state index contributed by atoms with van der Waals surface area (Å²) < 4.78 is 19.4. The lowest BCUT2D eigenvalue weighted by molar-refractivity contribution is -0.0291. The first-order valence-electron chi connectivity index (χ1n) is 7.19. The zero-order valence-corrected chi connectivity index (χ0v) is 11.7. The van der Waals surface area contributed by atoms with Gasteiger partial charge in [-0.25, -0.2) is 4.39 Å². The van der Waals surface area contributed by atoms with Gasteiger partial charge in [0, 0.05) is 24.4 Å². The van der Waals surface area contributed by atoms with Crippen molar-refractivity contribution in [2.45, 2.75) is 45.3 Å². The largest absolute Gasteiger partial charge is 0.378 e. The first-order chi connectivity index (χ1) is 9.24. The number of nitrogens with one attached hydrogen (secondary N) is 1. The fourth-order valence-electron chi connectivity index (χ4n) is 2.81. The average Bonchev–Trinajstić information content (AvgIpc) is 2.36. The van der Waals surface area contributed by atoms with Gasteiger partial charge in [0.1, 0.15) is 5.82 Å². The van der Waals surface area contributed by atoms with E-state index in [-0.39, 0.29) is 11.9 Å². The Morgan fingerprint density at radius 3 is 2.89 bits per heavy atom. The number of pyridine rings is 1. The van der Waals surface area contributed by atoms with E-state index < -0.39 is 0 Å². The molecule has 0 aliphatic heterocycles. The lowest BCUT2D eigenvalue weighted by Crippen LogP contribution is -2.35. The summed E-state index contributed by atoms with van der Waals surface area (Å²) in [6, 6.07) is 1.86. The van der Waals surface area contributed by atoms with E-state index in [9.17, 15) is 4.39 Å². The lowest BCUT2D eigenvalue weighted by Gasteiger charge is -2.37. The standard InChI is InChI=1S/C15H23FN2O/c1-3-18-15(13-5-6-17-10-14(13)16)9-11-7-12(8-11)19-4-2/h5-6,10-12,15,18H,3-4,7-9H2,1-2H3. The smallest absolute Gasteiger partial charge is 0.146 e. The number of nitrogens with zero attached hydrogens (tertiary/aromatic N) is 1. The van der Waals surface area contributed by atoms with Crippen LogP contribution in [-0.4, -0.2) is 24.2 Å². The van der Waals surface area contributed by atoms with Gasteiger partial charge in [-0.3, -0.25) is 4.98 Å². The van der Waals surface area contributed by atoms with Gasteiger partial charge in [0.25, 0.3) is 0 Å². The summed E-state index contributed by atoms with van der Waals surface area (Å²) in [6.07, 6.45) is 6.54. The molecule has 1 aliphatic rings. The van der Waals surface area contributed by atoms with Gasteiger partial charge in [0.2, 0.25) is 0 Å². The summed E-state index contributed by atoms with van der Waals surface area (Å²) in [5, 5.41) is 3.38. The second-order valence-electron chi connectivity index (χ2n) is 5.16. The molecule has 1 saturated carbocycles. The molecule has 4 heteroatoms. The van der Waals surface area contributed by atoms with E-state index in [0.717, 1.165) is 38.0 Å². The first kappa shape index (κ1) is 14.4. The van der Waals surface area contributed by atoms with Gasteiger partial charge in [-0.15, -0.1) is 0 Å². The molecule has 0 bridgehead atoms. The maximum absolute atomic E-state index is 13.8.